The van der Waals surface area contributed by atoms with Gasteiger partial charge in [-0.25, -0.2) is 4.98 Å². The van der Waals surface area contributed by atoms with Crippen LogP contribution in [0.1, 0.15) is 5.56 Å². The molecule has 1 amide bonds. The number of alkyl halides is 3. The molecule has 1 N–H and O–H groups in total. The molecule has 3 rings (SSSR count). The van der Waals surface area contributed by atoms with Gasteiger partial charge in [0.25, 0.3) is 10.9 Å². The zero-order valence-corrected chi connectivity index (χ0v) is 14.1. The van der Waals surface area contributed by atoms with Crippen LogP contribution in [0.4, 0.5) is 24.5 Å². The molecular formula is C16H10F3N3O4S. The second-order valence-electron chi connectivity index (χ2n) is 5.27. The van der Waals surface area contributed by atoms with Gasteiger partial charge in [-0.2, -0.15) is 13.2 Å². The lowest BCUT2D eigenvalue weighted by Gasteiger charge is -2.09. The molecule has 0 radical (unpaired) electrons. The van der Waals surface area contributed by atoms with Crippen LogP contribution in [0, 0.1) is 10.1 Å². The molecule has 0 aliphatic rings. The molecule has 0 spiro atoms. The molecule has 3 aromatic rings. The molecule has 2 aromatic carbocycles. The van der Waals surface area contributed by atoms with E-state index in [-0.39, 0.29) is 16.7 Å². The molecule has 7 nitrogen and oxygen atoms in total. The van der Waals surface area contributed by atoms with Gasteiger partial charge in [0, 0.05) is 6.07 Å². The zero-order valence-electron chi connectivity index (χ0n) is 13.3. The Balaban J connectivity index is 1.70. The van der Waals surface area contributed by atoms with Crippen molar-refractivity contribution in [3.8, 4) is 0 Å². The predicted octanol–water partition coefficient (Wildman–Crippen LogP) is 4.49. The number of amides is 1. The average molecular weight is 397 g/mol. The van der Waals surface area contributed by atoms with Crippen molar-refractivity contribution in [1.82, 2.24) is 4.98 Å². The van der Waals surface area contributed by atoms with E-state index in [4.69, 9.17) is 4.42 Å². The number of nitro groups is 1. The molecule has 0 unspecified atom stereocenters. The van der Waals surface area contributed by atoms with Crippen LogP contribution in [0.25, 0.3) is 11.1 Å². The summed E-state index contributed by atoms with van der Waals surface area (Å²) in [5, 5.41) is 13.5. The van der Waals surface area contributed by atoms with Gasteiger partial charge in [-0.15, -0.1) is 0 Å². The Bertz CT molecular complexity index is 987. The van der Waals surface area contributed by atoms with Crippen LogP contribution in [0.2, 0.25) is 0 Å². The van der Waals surface area contributed by atoms with E-state index in [0.29, 0.717) is 23.2 Å². The van der Waals surface area contributed by atoms with Crippen molar-refractivity contribution in [3.05, 3.63) is 58.1 Å². The number of thioether (sulfide) groups is 1. The van der Waals surface area contributed by atoms with E-state index in [1.165, 1.54) is 0 Å². The Labute approximate surface area is 153 Å². The van der Waals surface area contributed by atoms with Crippen LogP contribution in [0.5, 0.6) is 0 Å². The van der Waals surface area contributed by atoms with Crippen LogP contribution in [0.3, 0.4) is 0 Å². The maximum Gasteiger partial charge on any atom is 0.416 e. The maximum absolute atomic E-state index is 12.7. The summed E-state index contributed by atoms with van der Waals surface area (Å²) in [5.41, 5.74) is -1.19. The number of anilines is 1. The van der Waals surface area contributed by atoms with E-state index >= 15 is 0 Å². The first kappa shape index (κ1) is 18.7. The highest BCUT2D eigenvalue weighted by Crippen LogP contribution is 2.35. The van der Waals surface area contributed by atoms with Gasteiger partial charge in [0.15, 0.2) is 5.58 Å². The number of halogens is 3. The number of rotatable bonds is 5. The van der Waals surface area contributed by atoms with Crippen LogP contribution in [-0.2, 0) is 11.0 Å². The highest BCUT2D eigenvalue weighted by molar-refractivity contribution is 7.99. The van der Waals surface area contributed by atoms with Gasteiger partial charge < -0.3 is 9.73 Å². The summed E-state index contributed by atoms with van der Waals surface area (Å²) in [5.74, 6) is -0.838. The van der Waals surface area contributed by atoms with E-state index in [2.05, 4.69) is 10.3 Å². The maximum atomic E-state index is 12.7. The number of aromatic nitrogens is 1. The largest absolute Gasteiger partial charge is 0.431 e. The highest BCUT2D eigenvalue weighted by Gasteiger charge is 2.33. The first-order valence-electron chi connectivity index (χ1n) is 7.38. The normalized spacial score (nSPS) is 11.5. The van der Waals surface area contributed by atoms with Gasteiger partial charge in [-0.1, -0.05) is 23.9 Å². The average Bonchev–Trinajstić information content (AvgIpc) is 3.02. The van der Waals surface area contributed by atoms with E-state index in [9.17, 15) is 28.1 Å². The van der Waals surface area contributed by atoms with Gasteiger partial charge in [-0.05, 0) is 24.3 Å². The lowest BCUT2D eigenvalue weighted by atomic mass is 10.1. The van der Waals surface area contributed by atoms with Crippen LogP contribution >= 0.6 is 11.8 Å². The molecule has 1 aromatic heterocycles. The Morgan fingerprint density at radius 2 is 2.00 bits per heavy atom. The number of hydrogen-bond acceptors (Lipinski definition) is 6. The van der Waals surface area contributed by atoms with Gasteiger partial charge in [0.1, 0.15) is 11.2 Å². The van der Waals surface area contributed by atoms with Gasteiger partial charge in [-0.3, -0.25) is 14.9 Å². The number of carbonyl (C=O) groups excluding carboxylic acids is 1. The monoisotopic (exact) mass is 397 g/mol. The Morgan fingerprint density at radius 1 is 1.26 bits per heavy atom. The number of hydrogen-bond donors (Lipinski definition) is 1. The molecule has 1 heterocycles. The summed E-state index contributed by atoms with van der Waals surface area (Å²) in [4.78, 5) is 26.2. The molecule has 0 aliphatic heterocycles. The molecule has 0 atom stereocenters. The standard InChI is InChI=1S/C16H10F3N3O4S/c17-16(18,19)9-5-6-10(12(7-9)22(24)25)20-14(23)8-27-15-21-11-3-1-2-4-13(11)26-15/h1-7H,8H2,(H,20,23). The van der Waals surface area contributed by atoms with Gasteiger partial charge in [0.05, 0.1) is 16.2 Å². The summed E-state index contributed by atoms with van der Waals surface area (Å²) >= 11 is 0.956. The number of fused-ring (bicyclic) bond motifs is 1. The van der Waals surface area contributed by atoms with Crippen LogP contribution in [0.15, 0.2) is 52.1 Å². The Kier molecular flexibility index (Phi) is 5.04. The zero-order chi connectivity index (χ0) is 19.6. The third-order valence-corrected chi connectivity index (χ3v) is 4.22. The minimum Gasteiger partial charge on any atom is -0.431 e. The molecule has 0 bridgehead atoms. The third kappa shape index (κ3) is 4.37. The lowest BCUT2D eigenvalue weighted by molar-refractivity contribution is -0.384. The second-order valence-corrected chi connectivity index (χ2v) is 6.20. The number of carbonyl (C=O) groups is 1. The third-order valence-electron chi connectivity index (χ3n) is 3.40. The van der Waals surface area contributed by atoms with E-state index < -0.39 is 28.3 Å². The molecule has 27 heavy (non-hydrogen) atoms. The summed E-state index contributed by atoms with van der Waals surface area (Å²) in [6.45, 7) is 0. The molecule has 0 aliphatic carbocycles. The number of nitrogens with one attached hydrogen (secondary N) is 1. The fraction of sp³-hybridized carbons (Fsp3) is 0.125. The Hall–Kier alpha value is -3.08. The minimum absolute atomic E-state index is 0.189. The molecule has 0 saturated carbocycles. The molecular weight excluding hydrogens is 387 g/mol. The number of para-hydroxylation sites is 2. The lowest BCUT2D eigenvalue weighted by Crippen LogP contribution is -2.16. The highest BCUT2D eigenvalue weighted by atomic mass is 32.2. The number of nitro benzene ring substituents is 1. The topological polar surface area (TPSA) is 98.3 Å². The van der Waals surface area contributed by atoms with Gasteiger partial charge in [0.2, 0.25) is 5.91 Å². The number of benzene rings is 2. The predicted molar refractivity (Wildman–Crippen MR) is 91.5 cm³/mol. The summed E-state index contributed by atoms with van der Waals surface area (Å²) < 4.78 is 43.5. The molecule has 0 saturated heterocycles. The number of oxazole rings is 1. The van der Waals surface area contributed by atoms with Gasteiger partial charge >= 0.3 is 6.18 Å². The fourth-order valence-electron chi connectivity index (χ4n) is 2.19. The van der Waals surface area contributed by atoms with Crippen LogP contribution < -0.4 is 5.32 Å². The van der Waals surface area contributed by atoms with E-state index in [1.54, 1.807) is 24.3 Å². The van der Waals surface area contributed by atoms with E-state index in [0.717, 1.165) is 17.8 Å². The Morgan fingerprint density at radius 3 is 2.67 bits per heavy atom. The fourth-order valence-corrected chi connectivity index (χ4v) is 2.83. The molecule has 11 heteroatoms. The minimum atomic E-state index is -4.73. The SMILES string of the molecule is O=C(CSc1nc2ccccc2o1)Nc1ccc(C(F)(F)F)cc1[N+](=O)[O-]. The van der Waals surface area contributed by atoms with Crippen molar-refractivity contribution in [3.63, 3.8) is 0 Å². The van der Waals surface area contributed by atoms with Crippen molar-refractivity contribution in [1.29, 1.82) is 0 Å². The summed E-state index contributed by atoms with van der Waals surface area (Å²) in [7, 11) is 0. The molecule has 140 valence electrons. The van der Waals surface area contributed by atoms with Crippen molar-refractivity contribution < 1.29 is 27.3 Å². The quantitative estimate of drug-likeness (QED) is 0.387. The first-order valence-corrected chi connectivity index (χ1v) is 8.36. The summed E-state index contributed by atoms with van der Waals surface area (Å²) in [6.07, 6.45) is -4.73. The van der Waals surface area contributed by atoms with Crippen LogP contribution in [-0.4, -0.2) is 21.6 Å². The van der Waals surface area contributed by atoms with Crippen molar-refractivity contribution >= 4 is 40.1 Å². The van der Waals surface area contributed by atoms with Crippen molar-refractivity contribution in [2.24, 2.45) is 0 Å². The smallest absolute Gasteiger partial charge is 0.416 e. The molecule has 0 fully saturated rings. The first-order chi connectivity index (χ1) is 12.7. The van der Waals surface area contributed by atoms with Crippen molar-refractivity contribution in [2.75, 3.05) is 11.1 Å². The summed E-state index contributed by atoms with van der Waals surface area (Å²) in [6, 6.07) is 8.86. The van der Waals surface area contributed by atoms with Crippen molar-refractivity contribution in [2.45, 2.75) is 11.4 Å². The second kappa shape index (κ2) is 7.27. The number of nitrogens with zero attached hydrogens (tertiary/aromatic N) is 2. The van der Waals surface area contributed by atoms with E-state index in [1.807, 2.05) is 0 Å².